The molecular weight excluding hydrogens is 425 g/mol. The third-order valence-electron chi connectivity index (χ3n) is 3.83. The quantitative estimate of drug-likeness (QED) is 0.258. The fourth-order valence-corrected chi connectivity index (χ4v) is 4.78. The Balaban J connectivity index is 1.77. The maximum atomic E-state index is 13.8. The number of hydrogen-bond donors (Lipinski definition) is 1. The van der Waals surface area contributed by atoms with E-state index >= 15 is 0 Å². The second-order valence-corrected chi connectivity index (χ2v) is 8.63. The van der Waals surface area contributed by atoms with E-state index in [1.807, 2.05) is 12.1 Å². The molecule has 0 aliphatic heterocycles. The molecule has 0 aliphatic rings. The van der Waals surface area contributed by atoms with Crippen molar-refractivity contribution < 1.29 is 4.39 Å². The van der Waals surface area contributed by atoms with Gasteiger partial charge in [0.2, 0.25) is 0 Å². The summed E-state index contributed by atoms with van der Waals surface area (Å²) in [6.07, 6.45) is 0. The lowest BCUT2D eigenvalue weighted by atomic mass is 10.2. The number of hydrogen-bond acceptors (Lipinski definition) is 5. The van der Waals surface area contributed by atoms with Crippen molar-refractivity contribution in [2.45, 2.75) is 10.9 Å². The third kappa shape index (κ3) is 3.70. The molecule has 4 rings (SSSR count). The highest BCUT2D eigenvalue weighted by atomic mass is 35.5. The highest BCUT2D eigenvalue weighted by Crippen LogP contribution is 2.26. The molecule has 0 bridgehead atoms. The number of rotatable bonds is 4. The Bertz CT molecular complexity index is 1250. The van der Waals surface area contributed by atoms with Gasteiger partial charge in [-0.3, -0.25) is 9.36 Å². The van der Waals surface area contributed by atoms with Crippen LogP contribution in [0.15, 0.2) is 58.5 Å². The molecule has 0 amide bonds. The van der Waals surface area contributed by atoms with E-state index in [9.17, 15) is 9.18 Å². The Kier molecular flexibility index (Phi) is 5.14. The van der Waals surface area contributed by atoms with Crippen LogP contribution in [0.2, 0.25) is 5.02 Å². The number of halogens is 2. The maximum Gasteiger partial charge on any atom is 0.271 e. The van der Waals surface area contributed by atoms with Gasteiger partial charge in [-0.25, -0.2) is 9.37 Å². The molecule has 0 atom stereocenters. The smallest absolute Gasteiger partial charge is 0.271 e. The molecule has 0 saturated carbocycles. The molecule has 0 saturated heterocycles. The average molecular weight is 436 g/mol. The predicted molar refractivity (Wildman–Crippen MR) is 111 cm³/mol. The number of H-pyrrole nitrogens is 1. The number of thiazole rings is 1. The summed E-state index contributed by atoms with van der Waals surface area (Å²) in [6, 6.07) is 13.7. The van der Waals surface area contributed by atoms with Crippen molar-refractivity contribution in [3.05, 3.63) is 79.2 Å². The molecule has 4 nitrogen and oxygen atoms in total. The van der Waals surface area contributed by atoms with Gasteiger partial charge >= 0.3 is 0 Å². The SMILES string of the molecule is O=c1[nH]c(SCc2ccccc2F)nc2c1sc(=S)n2-c1ccc(Cl)cc1. The van der Waals surface area contributed by atoms with Gasteiger partial charge in [0.05, 0.1) is 0 Å². The number of nitrogens with zero attached hydrogens (tertiary/aromatic N) is 2. The number of thioether (sulfide) groups is 1. The van der Waals surface area contributed by atoms with Gasteiger partial charge < -0.3 is 4.98 Å². The molecule has 0 radical (unpaired) electrons. The monoisotopic (exact) mass is 435 g/mol. The molecule has 136 valence electrons. The number of fused-ring (bicyclic) bond motifs is 1. The lowest BCUT2D eigenvalue weighted by molar-refractivity contribution is 0.617. The van der Waals surface area contributed by atoms with Crippen molar-refractivity contribution in [3.63, 3.8) is 0 Å². The largest absolute Gasteiger partial charge is 0.300 e. The molecule has 2 heterocycles. The van der Waals surface area contributed by atoms with Crippen LogP contribution >= 0.6 is 46.9 Å². The lowest BCUT2D eigenvalue weighted by Crippen LogP contribution is -2.09. The van der Waals surface area contributed by atoms with Crippen LogP contribution in [0.25, 0.3) is 16.0 Å². The van der Waals surface area contributed by atoms with Crippen LogP contribution in [0.5, 0.6) is 0 Å². The van der Waals surface area contributed by atoms with Crippen molar-refractivity contribution in [2.24, 2.45) is 0 Å². The van der Waals surface area contributed by atoms with E-state index < -0.39 is 0 Å². The van der Waals surface area contributed by atoms with Crippen LogP contribution in [0, 0.1) is 9.77 Å². The summed E-state index contributed by atoms with van der Waals surface area (Å²) in [7, 11) is 0. The van der Waals surface area contributed by atoms with Crippen molar-refractivity contribution in [1.29, 1.82) is 0 Å². The van der Waals surface area contributed by atoms with E-state index in [4.69, 9.17) is 23.8 Å². The van der Waals surface area contributed by atoms with Crippen LogP contribution in [-0.2, 0) is 5.75 Å². The Morgan fingerprint density at radius 2 is 1.96 bits per heavy atom. The third-order valence-corrected chi connectivity index (χ3v) is 6.36. The Morgan fingerprint density at radius 3 is 2.70 bits per heavy atom. The topological polar surface area (TPSA) is 50.7 Å². The van der Waals surface area contributed by atoms with Gasteiger partial charge in [-0.15, -0.1) is 0 Å². The average Bonchev–Trinajstić information content (AvgIpc) is 2.98. The zero-order valence-electron chi connectivity index (χ0n) is 13.6. The zero-order chi connectivity index (χ0) is 19.0. The van der Waals surface area contributed by atoms with Crippen LogP contribution in [0.1, 0.15) is 5.56 Å². The van der Waals surface area contributed by atoms with E-state index in [1.165, 1.54) is 29.2 Å². The van der Waals surface area contributed by atoms with Gasteiger partial charge in [0.25, 0.3) is 5.56 Å². The summed E-state index contributed by atoms with van der Waals surface area (Å²) >= 11 is 13.8. The van der Waals surface area contributed by atoms with Gasteiger partial charge in [0, 0.05) is 16.5 Å². The summed E-state index contributed by atoms with van der Waals surface area (Å²) in [6.45, 7) is 0. The predicted octanol–water partition coefficient (Wildman–Crippen LogP) is 5.59. The molecule has 0 fully saturated rings. The molecular formula is C18H11ClFN3OS3. The van der Waals surface area contributed by atoms with Crippen LogP contribution in [0.4, 0.5) is 4.39 Å². The van der Waals surface area contributed by atoms with E-state index in [0.717, 1.165) is 5.69 Å². The van der Waals surface area contributed by atoms with Crippen LogP contribution < -0.4 is 5.56 Å². The van der Waals surface area contributed by atoms with Crippen LogP contribution in [-0.4, -0.2) is 14.5 Å². The first-order chi connectivity index (χ1) is 13.0. The normalized spacial score (nSPS) is 11.2. The molecule has 2 aromatic carbocycles. The fraction of sp³-hybridized carbons (Fsp3) is 0.0556. The molecule has 4 aromatic rings. The van der Waals surface area contributed by atoms with E-state index in [1.54, 1.807) is 34.9 Å². The highest BCUT2D eigenvalue weighted by molar-refractivity contribution is 7.98. The number of aromatic nitrogens is 3. The Hall–Kier alpha value is -2.00. The number of aromatic amines is 1. The first kappa shape index (κ1) is 18.4. The standard InChI is InChI=1S/C18H11ClFN3OS3/c19-11-5-7-12(8-6-11)23-15-14(27-18(23)25)16(24)22-17(21-15)26-9-10-3-1-2-4-13(10)20/h1-8H,9H2,(H,21,22,24). The van der Waals surface area contributed by atoms with E-state index in [0.29, 0.717) is 35.8 Å². The summed E-state index contributed by atoms with van der Waals surface area (Å²) in [4.78, 5) is 19.8. The maximum absolute atomic E-state index is 13.8. The molecule has 2 aromatic heterocycles. The minimum absolute atomic E-state index is 0.264. The first-order valence-corrected chi connectivity index (χ1v) is 10.4. The Labute approximate surface area is 171 Å². The fourth-order valence-electron chi connectivity index (χ4n) is 2.54. The van der Waals surface area contributed by atoms with Crippen molar-refractivity contribution in [1.82, 2.24) is 14.5 Å². The van der Waals surface area contributed by atoms with E-state index in [-0.39, 0.29) is 11.4 Å². The summed E-state index contributed by atoms with van der Waals surface area (Å²) in [5.74, 6) is 0.0699. The van der Waals surface area contributed by atoms with Crippen molar-refractivity contribution >= 4 is 57.3 Å². The highest BCUT2D eigenvalue weighted by Gasteiger charge is 2.14. The first-order valence-electron chi connectivity index (χ1n) is 7.81. The number of nitrogens with one attached hydrogen (secondary N) is 1. The molecule has 0 spiro atoms. The Morgan fingerprint density at radius 1 is 1.22 bits per heavy atom. The van der Waals surface area contributed by atoms with Crippen molar-refractivity contribution in [2.75, 3.05) is 0 Å². The van der Waals surface area contributed by atoms with Gasteiger partial charge in [0.1, 0.15) is 10.5 Å². The molecule has 1 N–H and O–H groups in total. The lowest BCUT2D eigenvalue weighted by Gasteiger charge is -2.06. The number of benzene rings is 2. The zero-order valence-corrected chi connectivity index (χ0v) is 16.8. The van der Waals surface area contributed by atoms with Crippen molar-refractivity contribution in [3.8, 4) is 5.69 Å². The van der Waals surface area contributed by atoms with Crippen LogP contribution in [0.3, 0.4) is 0 Å². The molecule has 0 aliphatic carbocycles. The second-order valence-electron chi connectivity index (χ2n) is 5.58. The second kappa shape index (κ2) is 7.55. The van der Waals surface area contributed by atoms with Gasteiger partial charge in [-0.2, -0.15) is 0 Å². The molecule has 9 heteroatoms. The summed E-state index contributed by atoms with van der Waals surface area (Å²) in [5, 5.41) is 1.02. The van der Waals surface area contributed by atoms with Gasteiger partial charge in [-0.1, -0.05) is 52.9 Å². The summed E-state index contributed by atoms with van der Waals surface area (Å²) in [5.41, 5.74) is 1.54. The minimum atomic E-state index is -0.284. The molecule has 27 heavy (non-hydrogen) atoms. The minimum Gasteiger partial charge on any atom is -0.300 e. The van der Waals surface area contributed by atoms with Gasteiger partial charge in [0.15, 0.2) is 14.8 Å². The molecule has 0 unspecified atom stereocenters. The van der Waals surface area contributed by atoms with Gasteiger partial charge in [-0.05, 0) is 48.1 Å². The van der Waals surface area contributed by atoms with E-state index in [2.05, 4.69) is 9.97 Å². The summed E-state index contributed by atoms with van der Waals surface area (Å²) < 4.78 is 16.5.